The first-order valence-corrected chi connectivity index (χ1v) is 5.28. The predicted octanol–water partition coefficient (Wildman–Crippen LogP) is -1.39. The largest absolute Gasteiger partial charge is 0.481 e. The van der Waals surface area contributed by atoms with Crippen molar-refractivity contribution in [2.24, 2.45) is 0 Å². The van der Waals surface area contributed by atoms with Crippen molar-refractivity contribution in [2.45, 2.75) is 18.9 Å². The Labute approximate surface area is 115 Å². The second kappa shape index (κ2) is 17.0. The zero-order chi connectivity index (χ0) is 16.6. The van der Waals surface area contributed by atoms with Crippen molar-refractivity contribution < 1.29 is 44.7 Å². The predicted molar refractivity (Wildman–Crippen MR) is 66.9 cm³/mol. The Morgan fingerprint density at radius 1 is 1.10 bits per heavy atom. The number of aliphatic carboxylic acids is 2. The number of ether oxygens (including phenoxy) is 1. The third-order valence-corrected chi connectivity index (χ3v) is 1.34. The number of methoxy groups -OCH3 is 1. The van der Waals surface area contributed by atoms with E-state index < -0.39 is 24.0 Å². The van der Waals surface area contributed by atoms with Gasteiger partial charge in [0.1, 0.15) is 6.10 Å². The molecule has 0 aliphatic heterocycles. The number of hydrogen-bond acceptors (Lipinski definition) is 7. The minimum atomic E-state index is -1.08. The molecule has 0 saturated heterocycles. The van der Waals surface area contributed by atoms with E-state index in [0.29, 0.717) is 0 Å². The molecule has 0 saturated carbocycles. The van der Waals surface area contributed by atoms with Crippen LogP contribution in [0.1, 0.15) is 12.8 Å². The summed E-state index contributed by atoms with van der Waals surface area (Å²) in [6.45, 7) is 2.43. The number of hydrogen-bond donors (Lipinski definition) is 5. The van der Waals surface area contributed by atoms with Crippen molar-refractivity contribution in [2.75, 3.05) is 20.3 Å². The minimum Gasteiger partial charge on any atom is -0.481 e. The number of carboxylic acid groups (broad SMARTS) is 2. The highest BCUT2D eigenvalue weighted by Crippen LogP contribution is 1.86. The molecule has 0 fully saturated rings. The molecule has 0 atom stereocenters. The number of carbonyl (C=O) groups is 3. The maximum atomic E-state index is 9.84. The molecule has 0 rings (SSSR count). The first kappa shape index (κ1) is 23.1. The first-order chi connectivity index (χ1) is 9.24. The quantitative estimate of drug-likeness (QED) is 0.293. The van der Waals surface area contributed by atoms with Gasteiger partial charge >= 0.3 is 17.9 Å². The summed E-state index contributed by atoms with van der Waals surface area (Å²) in [5, 5.41) is 39.8. The molecule has 0 unspecified atom stereocenters. The molecule has 9 nitrogen and oxygen atoms in total. The second-order valence-corrected chi connectivity index (χ2v) is 3.03. The van der Waals surface area contributed by atoms with E-state index in [1.165, 1.54) is 7.11 Å². The van der Waals surface area contributed by atoms with Crippen molar-refractivity contribution in [3.8, 4) is 0 Å². The molecule has 0 heterocycles. The fourth-order valence-corrected chi connectivity index (χ4v) is 0.355. The van der Waals surface area contributed by atoms with E-state index in [9.17, 15) is 14.4 Å². The van der Waals surface area contributed by atoms with E-state index in [2.05, 4.69) is 11.3 Å². The van der Waals surface area contributed by atoms with E-state index >= 15 is 0 Å². The maximum Gasteiger partial charge on any atom is 0.329 e. The van der Waals surface area contributed by atoms with Gasteiger partial charge in [0.05, 0.1) is 33.2 Å². The van der Waals surface area contributed by atoms with Crippen LogP contribution in [0.25, 0.3) is 0 Å². The van der Waals surface area contributed by atoms with Crippen LogP contribution in [0, 0.1) is 0 Å². The van der Waals surface area contributed by atoms with E-state index in [1.54, 1.807) is 0 Å². The van der Waals surface area contributed by atoms with Crippen LogP contribution in [0.2, 0.25) is 0 Å². The van der Waals surface area contributed by atoms with Gasteiger partial charge in [-0.05, 0) is 0 Å². The second-order valence-electron chi connectivity index (χ2n) is 3.03. The monoisotopic (exact) mass is 296 g/mol. The average Bonchev–Trinajstić information content (AvgIpc) is 2.44. The Kier molecular flexibility index (Phi) is 19.7. The molecule has 20 heavy (non-hydrogen) atoms. The van der Waals surface area contributed by atoms with Gasteiger partial charge in [0.15, 0.2) is 0 Å². The Morgan fingerprint density at radius 3 is 1.50 bits per heavy atom. The molecule has 0 aliphatic rings. The van der Waals surface area contributed by atoms with Gasteiger partial charge in [-0.25, -0.2) is 4.79 Å². The van der Waals surface area contributed by atoms with Crippen LogP contribution < -0.4 is 0 Å². The highest BCUT2D eigenvalue weighted by atomic mass is 16.5. The van der Waals surface area contributed by atoms with E-state index in [4.69, 9.17) is 25.5 Å². The van der Waals surface area contributed by atoms with E-state index in [-0.39, 0.29) is 26.1 Å². The van der Waals surface area contributed by atoms with Gasteiger partial charge in [-0.3, -0.25) is 9.59 Å². The van der Waals surface area contributed by atoms with Crippen LogP contribution in [0.15, 0.2) is 12.7 Å². The van der Waals surface area contributed by atoms with Gasteiger partial charge in [0, 0.05) is 6.08 Å². The van der Waals surface area contributed by atoms with Crippen molar-refractivity contribution in [1.29, 1.82) is 0 Å². The lowest BCUT2D eigenvalue weighted by atomic mass is 10.3. The smallest absolute Gasteiger partial charge is 0.329 e. The average molecular weight is 296 g/mol. The number of rotatable bonds is 6. The Balaban J connectivity index is -0.000000221. The standard InChI is InChI=1S/C4H6O4.C4H6O2.C3H8O3/c5-3(6)1-2-4(7)8;1-3-4(5)6-2;4-1-3(6)2-5/h1-2H2,(H,5,6)(H,7,8);3H,1H2,2H3;3-6H,1-2H2. The Morgan fingerprint density at radius 2 is 1.45 bits per heavy atom. The highest BCUT2D eigenvalue weighted by Gasteiger charge is 2.00. The fraction of sp³-hybridized carbons (Fsp3) is 0.545. The number of esters is 1. The van der Waals surface area contributed by atoms with Crippen molar-refractivity contribution >= 4 is 17.9 Å². The third-order valence-electron chi connectivity index (χ3n) is 1.34. The van der Waals surface area contributed by atoms with Crippen molar-refractivity contribution in [3.05, 3.63) is 12.7 Å². The molecular weight excluding hydrogens is 276 g/mol. The molecule has 0 radical (unpaired) electrons. The summed E-state index contributed by atoms with van der Waals surface area (Å²) < 4.78 is 4.14. The van der Waals surface area contributed by atoms with Crippen LogP contribution in [0.4, 0.5) is 0 Å². The van der Waals surface area contributed by atoms with Crippen LogP contribution in [0.3, 0.4) is 0 Å². The van der Waals surface area contributed by atoms with Crippen molar-refractivity contribution in [1.82, 2.24) is 0 Å². The summed E-state index contributed by atoms with van der Waals surface area (Å²) in [4.78, 5) is 29.1. The van der Waals surface area contributed by atoms with Gasteiger partial charge in [0.25, 0.3) is 0 Å². The number of aliphatic hydroxyl groups is 3. The Bertz CT molecular complexity index is 270. The molecule has 118 valence electrons. The molecule has 0 bridgehead atoms. The van der Waals surface area contributed by atoms with Gasteiger partial charge in [-0.2, -0.15) is 0 Å². The van der Waals surface area contributed by atoms with Crippen LogP contribution in [-0.4, -0.2) is 69.9 Å². The summed E-state index contributed by atoms with van der Waals surface area (Å²) in [6.07, 6.45) is -0.435. The van der Waals surface area contributed by atoms with Crippen LogP contribution in [0.5, 0.6) is 0 Å². The van der Waals surface area contributed by atoms with Crippen LogP contribution in [-0.2, 0) is 19.1 Å². The number of carbonyl (C=O) groups excluding carboxylic acids is 1. The zero-order valence-corrected chi connectivity index (χ0v) is 11.1. The summed E-state index contributed by atoms with van der Waals surface area (Å²) >= 11 is 0. The summed E-state index contributed by atoms with van der Waals surface area (Å²) in [5.74, 6) is -2.55. The van der Waals surface area contributed by atoms with E-state index in [0.717, 1.165) is 6.08 Å². The molecule has 0 aromatic carbocycles. The van der Waals surface area contributed by atoms with Gasteiger partial charge in [-0.15, -0.1) is 0 Å². The van der Waals surface area contributed by atoms with Gasteiger partial charge in [-0.1, -0.05) is 6.58 Å². The van der Waals surface area contributed by atoms with Crippen LogP contribution >= 0.6 is 0 Å². The molecule has 0 aromatic rings. The van der Waals surface area contributed by atoms with Crippen molar-refractivity contribution in [3.63, 3.8) is 0 Å². The first-order valence-electron chi connectivity index (χ1n) is 5.28. The molecular formula is C11H20O9. The Hall–Kier alpha value is -1.97. The molecule has 0 spiro atoms. The molecule has 0 aliphatic carbocycles. The molecule has 0 amide bonds. The molecule has 5 N–H and O–H groups in total. The summed E-state index contributed by atoms with van der Waals surface area (Å²) in [7, 11) is 1.31. The zero-order valence-electron chi connectivity index (χ0n) is 11.1. The van der Waals surface area contributed by atoms with Gasteiger partial charge < -0.3 is 30.3 Å². The normalized spacial score (nSPS) is 8.45. The highest BCUT2D eigenvalue weighted by molar-refractivity contribution is 5.80. The lowest BCUT2D eigenvalue weighted by molar-refractivity contribution is -0.143. The summed E-state index contributed by atoms with van der Waals surface area (Å²) in [6, 6.07) is 0. The topological polar surface area (TPSA) is 162 Å². The minimum absolute atomic E-state index is 0.296. The third kappa shape index (κ3) is 29.8. The maximum absolute atomic E-state index is 9.84. The molecule has 9 heteroatoms. The lowest BCUT2D eigenvalue weighted by Crippen LogP contribution is -2.15. The lowest BCUT2D eigenvalue weighted by Gasteiger charge is -1.96. The van der Waals surface area contributed by atoms with Gasteiger partial charge in [0.2, 0.25) is 0 Å². The summed E-state index contributed by atoms with van der Waals surface area (Å²) in [5.41, 5.74) is 0. The van der Waals surface area contributed by atoms with E-state index in [1.807, 2.05) is 0 Å². The SMILES string of the molecule is C=CC(=O)OC.O=C(O)CCC(=O)O.OCC(O)CO. The fourth-order valence-electron chi connectivity index (χ4n) is 0.355. The molecule has 0 aromatic heterocycles. The number of carboxylic acids is 2. The number of aliphatic hydroxyl groups excluding tert-OH is 3.